The molecule has 17 aromatic rings. The van der Waals surface area contributed by atoms with Gasteiger partial charge in [0.25, 0.3) is 0 Å². The number of aryl methyl sites for hydroxylation is 2. The summed E-state index contributed by atoms with van der Waals surface area (Å²) in [5.41, 5.74) is 33.2. The van der Waals surface area contributed by atoms with Gasteiger partial charge in [0, 0.05) is 50.5 Å². The lowest BCUT2D eigenvalue weighted by Gasteiger charge is -2.36. The zero-order valence-corrected chi connectivity index (χ0v) is 57.4. The number of fused-ring (bicyclic) bond motifs is 9. The summed E-state index contributed by atoms with van der Waals surface area (Å²) in [6.07, 6.45) is 0. The minimum atomic E-state index is -0.607. The second-order valence-corrected chi connectivity index (χ2v) is 27.6. The molecule has 2 aliphatic rings. The van der Waals surface area contributed by atoms with E-state index in [1.165, 1.54) is 111 Å². The van der Waals surface area contributed by atoms with Crippen LogP contribution in [0.25, 0.3) is 83.1 Å². The molecule has 1 aromatic heterocycles. The van der Waals surface area contributed by atoms with Crippen LogP contribution < -0.4 is 9.80 Å². The molecule has 3 nitrogen and oxygen atoms in total. The van der Waals surface area contributed by atoms with Crippen molar-refractivity contribution in [3.05, 3.63) is 450 Å². The molecule has 0 N–H and O–H groups in total. The topological polar surface area (TPSA) is 11.4 Å². The van der Waals surface area contributed by atoms with Crippen LogP contribution in [-0.4, -0.2) is 4.57 Å². The highest BCUT2D eigenvalue weighted by atomic mass is 15.2. The SMILES string of the molecule is Cc1ccc2c(c1)C(c1ccccc1)(c1ccccc1)c1cc(N(c3ccc(-c4ccc5c(c4)c4cc(-c6ccccc6)ccc4n5-c4ccc(N(c5ccccc5)c5ccccc5-c5ccccc5)cc4)cc3)c3ccc4c(c3)C(c3ccccc3)(c3ccccc3)c3cc(C)ccc3-4)ccc1-2. The van der Waals surface area contributed by atoms with Gasteiger partial charge in [0.2, 0.25) is 0 Å². The number of benzene rings is 16. The molecule has 3 heteroatoms. The van der Waals surface area contributed by atoms with Crippen molar-refractivity contribution in [1.29, 1.82) is 0 Å². The zero-order valence-electron chi connectivity index (χ0n) is 57.4. The molecule has 0 aliphatic heterocycles. The van der Waals surface area contributed by atoms with E-state index in [4.69, 9.17) is 0 Å². The van der Waals surface area contributed by atoms with Gasteiger partial charge < -0.3 is 14.4 Å². The normalized spacial score (nSPS) is 12.9. The van der Waals surface area contributed by atoms with Crippen LogP contribution in [0.4, 0.5) is 34.1 Å². The van der Waals surface area contributed by atoms with E-state index in [0.29, 0.717) is 0 Å². The smallest absolute Gasteiger partial charge is 0.0714 e. The predicted octanol–water partition coefficient (Wildman–Crippen LogP) is 26.1. The Labute approximate surface area is 602 Å². The van der Waals surface area contributed by atoms with E-state index in [1.807, 2.05) is 0 Å². The maximum atomic E-state index is 2.52. The highest BCUT2D eigenvalue weighted by molar-refractivity contribution is 6.12. The lowest BCUT2D eigenvalue weighted by molar-refractivity contribution is 0.766. The number of anilines is 6. The van der Waals surface area contributed by atoms with Gasteiger partial charge in [-0.15, -0.1) is 0 Å². The molecular formula is C100H71N3. The van der Waals surface area contributed by atoms with Crippen LogP contribution in [0.15, 0.2) is 394 Å². The summed E-state index contributed by atoms with van der Waals surface area (Å²) in [6, 6.07) is 147. The Kier molecular flexibility index (Phi) is 14.8. The third-order valence-corrected chi connectivity index (χ3v) is 21.8. The number of aromatic nitrogens is 1. The third-order valence-electron chi connectivity index (χ3n) is 21.8. The number of hydrogen-bond donors (Lipinski definition) is 0. The van der Waals surface area contributed by atoms with E-state index < -0.39 is 10.8 Å². The molecule has 103 heavy (non-hydrogen) atoms. The molecule has 16 aromatic carbocycles. The molecule has 0 fully saturated rings. The predicted molar refractivity (Wildman–Crippen MR) is 431 cm³/mol. The first-order chi connectivity index (χ1) is 50.9. The van der Waals surface area contributed by atoms with Crippen LogP contribution in [0.5, 0.6) is 0 Å². The van der Waals surface area contributed by atoms with Gasteiger partial charge in [-0.25, -0.2) is 0 Å². The van der Waals surface area contributed by atoms with Gasteiger partial charge in [-0.2, -0.15) is 0 Å². The monoisotopic (exact) mass is 1310 g/mol. The molecule has 0 bridgehead atoms. The van der Waals surface area contributed by atoms with Gasteiger partial charge in [0.1, 0.15) is 0 Å². The summed E-state index contributed by atoms with van der Waals surface area (Å²) < 4.78 is 2.44. The van der Waals surface area contributed by atoms with Gasteiger partial charge >= 0.3 is 0 Å². The fraction of sp³-hybridized carbons (Fsp3) is 0.0400. The molecule has 0 saturated heterocycles. The van der Waals surface area contributed by atoms with Crippen molar-refractivity contribution in [2.24, 2.45) is 0 Å². The standard InChI is InChI=1S/C100H71N3/c1-68-42-56-86-88-58-54-83(66-94(88)99(92(86)62-68,75-30-14-5-15-31-75)76-32-16-6-17-33-76)101(84-55-59-89-87-57-43-69(2)63-93(87)100(95(89)67-84,77-34-18-7-19-35-77)78-36-20-8-21-37-78)80-48-44-71(45-49-80)74-47-61-98-91(65-74)90-64-73(70-26-10-3-11-27-70)46-60-97(90)103(98)82-52-50-81(51-53-82)102(79-38-22-9-23-39-79)96-41-25-24-40-85(96)72-28-12-4-13-29-72/h3-67H,1-2H3. The van der Waals surface area contributed by atoms with Gasteiger partial charge in [0.05, 0.1) is 27.6 Å². The molecule has 486 valence electrons. The Morgan fingerprint density at radius 3 is 1.01 bits per heavy atom. The highest BCUT2D eigenvalue weighted by Crippen LogP contribution is 2.60. The molecule has 0 amide bonds. The van der Waals surface area contributed by atoms with E-state index in [0.717, 1.165) is 62.0 Å². The van der Waals surface area contributed by atoms with Crippen LogP contribution in [0.2, 0.25) is 0 Å². The molecule has 1 heterocycles. The maximum Gasteiger partial charge on any atom is 0.0714 e. The van der Waals surface area contributed by atoms with Gasteiger partial charge in [-0.05, 0) is 212 Å². The van der Waals surface area contributed by atoms with Crippen LogP contribution in [-0.2, 0) is 10.8 Å². The molecule has 0 atom stereocenters. The largest absolute Gasteiger partial charge is 0.310 e. The maximum absolute atomic E-state index is 2.52. The van der Waals surface area contributed by atoms with Crippen molar-refractivity contribution >= 4 is 55.9 Å². The Morgan fingerprint density at radius 2 is 0.553 bits per heavy atom. The molecule has 2 aliphatic carbocycles. The summed E-state index contributed by atoms with van der Waals surface area (Å²) >= 11 is 0. The fourth-order valence-corrected chi connectivity index (χ4v) is 17.3. The Balaban J connectivity index is 0.779. The van der Waals surface area contributed by atoms with Crippen molar-refractivity contribution in [1.82, 2.24) is 4.57 Å². The van der Waals surface area contributed by atoms with Crippen LogP contribution in [0.3, 0.4) is 0 Å². The summed E-state index contributed by atoms with van der Waals surface area (Å²) in [5, 5.41) is 2.38. The summed E-state index contributed by atoms with van der Waals surface area (Å²) in [6.45, 7) is 4.45. The summed E-state index contributed by atoms with van der Waals surface area (Å²) in [4.78, 5) is 4.89. The molecule has 19 rings (SSSR count). The molecule has 0 radical (unpaired) electrons. The average Bonchev–Trinajstić information content (AvgIpc) is 1.67. The van der Waals surface area contributed by atoms with Crippen LogP contribution in [0, 0.1) is 13.8 Å². The average molecular weight is 1310 g/mol. The van der Waals surface area contributed by atoms with Crippen molar-refractivity contribution < 1.29 is 0 Å². The molecule has 0 saturated carbocycles. The van der Waals surface area contributed by atoms with Crippen molar-refractivity contribution in [2.75, 3.05) is 9.80 Å². The highest BCUT2D eigenvalue weighted by Gasteiger charge is 2.48. The van der Waals surface area contributed by atoms with Crippen molar-refractivity contribution in [3.63, 3.8) is 0 Å². The Bertz CT molecular complexity index is 5760. The minimum absolute atomic E-state index is 0.607. The molecule has 0 spiro atoms. The van der Waals surface area contributed by atoms with Crippen LogP contribution >= 0.6 is 0 Å². The van der Waals surface area contributed by atoms with Crippen LogP contribution in [0.1, 0.15) is 55.6 Å². The van der Waals surface area contributed by atoms with Crippen molar-refractivity contribution in [2.45, 2.75) is 24.7 Å². The Morgan fingerprint density at radius 1 is 0.223 bits per heavy atom. The Hall–Kier alpha value is -13.1. The lowest BCUT2D eigenvalue weighted by Crippen LogP contribution is -2.29. The number of hydrogen-bond acceptors (Lipinski definition) is 2. The van der Waals surface area contributed by atoms with E-state index in [-0.39, 0.29) is 0 Å². The van der Waals surface area contributed by atoms with Gasteiger partial charge in [0.15, 0.2) is 0 Å². The summed E-state index contributed by atoms with van der Waals surface area (Å²) in [5.74, 6) is 0. The van der Waals surface area contributed by atoms with Gasteiger partial charge in [-0.3, -0.25) is 0 Å². The first kappa shape index (κ1) is 61.0. The zero-order chi connectivity index (χ0) is 68.6. The van der Waals surface area contributed by atoms with E-state index in [1.54, 1.807) is 0 Å². The third kappa shape index (κ3) is 9.94. The number of rotatable bonds is 14. The first-order valence-electron chi connectivity index (χ1n) is 35.8. The quantitative estimate of drug-likeness (QED) is 0.107. The second kappa shape index (κ2) is 25.0. The lowest BCUT2D eigenvalue weighted by atomic mass is 9.67. The minimum Gasteiger partial charge on any atom is -0.310 e. The van der Waals surface area contributed by atoms with E-state index >= 15 is 0 Å². The van der Waals surface area contributed by atoms with Gasteiger partial charge in [-0.1, -0.05) is 302 Å². The molecule has 0 unspecified atom stereocenters. The summed E-state index contributed by atoms with van der Waals surface area (Å²) in [7, 11) is 0. The van der Waals surface area contributed by atoms with E-state index in [9.17, 15) is 0 Å². The molecular weight excluding hydrogens is 1240 g/mol. The first-order valence-corrected chi connectivity index (χ1v) is 35.8. The number of nitrogens with zero attached hydrogens (tertiary/aromatic N) is 3. The second-order valence-electron chi connectivity index (χ2n) is 27.6. The number of para-hydroxylation sites is 2. The van der Waals surface area contributed by atoms with Crippen molar-refractivity contribution in [3.8, 4) is 61.3 Å². The fourth-order valence-electron chi connectivity index (χ4n) is 17.3. The van der Waals surface area contributed by atoms with E-state index in [2.05, 4.69) is 423 Å².